The number of rotatable bonds is 9. The van der Waals surface area contributed by atoms with Crippen molar-refractivity contribution < 1.29 is 9.59 Å². The van der Waals surface area contributed by atoms with Crippen molar-refractivity contribution in [2.45, 2.75) is 69.5 Å². The number of nitrogens with zero attached hydrogens (tertiary/aromatic N) is 1. The van der Waals surface area contributed by atoms with E-state index in [-0.39, 0.29) is 17.9 Å². The van der Waals surface area contributed by atoms with Crippen LogP contribution < -0.4 is 5.32 Å². The van der Waals surface area contributed by atoms with Crippen LogP contribution in [0.4, 0.5) is 0 Å². The van der Waals surface area contributed by atoms with Crippen LogP contribution in [0.2, 0.25) is 0 Å². The van der Waals surface area contributed by atoms with Crippen LogP contribution in [-0.4, -0.2) is 34.6 Å². The van der Waals surface area contributed by atoms with E-state index in [1.807, 2.05) is 62.4 Å². The van der Waals surface area contributed by atoms with Gasteiger partial charge in [0, 0.05) is 17.5 Å². The summed E-state index contributed by atoms with van der Waals surface area (Å²) in [4.78, 5) is 29.2. The lowest BCUT2D eigenvalue weighted by Gasteiger charge is -2.31. The van der Waals surface area contributed by atoms with Gasteiger partial charge in [0.1, 0.15) is 6.04 Å². The maximum atomic E-state index is 13.3. The number of benzene rings is 2. The Balaban J connectivity index is 1.75. The molecule has 0 spiro atoms. The number of hydrogen-bond donors (Lipinski definition) is 1. The third-order valence-electron chi connectivity index (χ3n) is 5.63. The summed E-state index contributed by atoms with van der Waals surface area (Å²) in [6.07, 6.45) is 5.02. The second-order valence-corrected chi connectivity index (χ2v) is 9.08. The molecule has 1 fully saturated rings. The molecule has 1 N–H and O–H groups in total. The first-order valence-corrected chi connectivity index (χ1v) is 11.9. The summed E-state index contributed by atoms with van der Waals surface area (Å²) in [6, 6.07) is 17.9. The molecule has 0 heterocycles. The molecule has 0 aromatic heterocycles. The number of carbonyl (C=O) groups is 2. The van der Waals surface area contributed by atoms with E-state index >= 15 is 0 Å². The Morgan fingerprint density at radius 1 is 1.10 bits per heavy atom. The van der Waals surface area contributed by atoms with Crippen molar-refractivity contribution >= 4 is 23.6 Å². The third kappa shape index (κ3) is 6.36. The van der Waals surface area contributed by atoms with Gasteiger partial charge in [-0.3, -0.25) is 9.59 Å². The zero-order valence-electron chi connectivity index (χ0n) is 18.0. The van der Waals surface area contributed by atoms with Gasteiger partial charge in [-0.05, 0) is 43.9 Å². The van der Waals surface area contributed by atoms with Crippen molar-refractivity contribution in [2.24, 2.45) is 0 Å². The lowest BCUT2D eigenvalue weighted by molar-refractivity contribution is -0.139. The predicted octanol–water partition coefficient (Wildman–Crippen LogP) is 4.95. The molecule has 0 aliphatic heterocycles. The maximum absolute atomic E-state index is 13.3. The summed E-state index contributed by atoms with van der Waals surface area (Å²) in [5.41, 5.74) is 2.21. The van der Waals surface area contributed by atoms with Crippen LogP contribution in [0.1, 0.15) is 50.2 Å². The molecular formula is C25H32N2O2S. The molecule has 1 atom stereocenters. The van der Waals surface area contributed by atoms with Crippen molar-refractivity contribution in [3.05, 3.63) is 65.7 Å². The molecule has 0 unspecified atom stereocenters. The Bertz CT molecular complexity index is 834. The summed E-state index contributed by atoms with van der Waals surface area (Å²) in [5, 5.41) is 3.20. The van der Waals surface area contributed by atoms with Crippen molar-refractivity contribution in [3.8, 4) is 0 Å². The van der Waals surface area contributed by atoms with Gasteiger partial charge in [0.25, 0.3) is 0 Å². The quantitative estimate of drug-likeness (QED) is 0.579. The molecule has 160 valence electrons. The third-order valence-corrected chi connectivity index (χ3v) is 6.63. The van der Waals surface area contributed by atoms with Crippen LogP contribution in [0.3, 0.4) is 0 Å². The van der Waals surface area contributed by atoms with Crippen LogP contribution in [-0.2, 0) is 16.1 Å². The Morgan fingerprint density at radius 2 is 1.83 bits per heavy atom. The second kappa shape index (κ2) is 11.2. The molecule has 4 nitrogen and oxygen atoms in total. The Hall–Kier alpha value is -2.27. The summed E-state index contributed by atoms with van der Waals surface area (Å²) in [7, 11) is 0. The van der Waals surface area contributed by atoms with Gasteiger partial charge in [0.15, 0.2) is 0 Å². The zero-order valence-corrected chi connectivity index (χ0v) is 18.8. The molecule has 5 heteroatoms. The fourth-order valence-corrected chi connectivity index (χ4v) is 4.84. The number of thioether (sulfide) groups is 1. The normalized spacial score (nSPS) is 15.0. The van der Waals surface area contributed by atoms with Gasteiger partial charge >= 0.3 is 0 Å². The summed E-state index contributed by atoms with van der Waals surface area (Å²) >= 11 is 1.52. The van der Waals surface area contributed by atoms with Gasteiger partial charge in [-0.1, -0.05) is 67.8 Å². The number of nitrogens with one attached hydrogen (secondary N) is 1. The van der Waals surface area contributed by atoms with Crippen molar-refractivity contribution in [2.75, 3.05) is 5.75 Å². The van der Waals surface area contributed by atoms with Gasteiger partial charge in [-0.2, -0.15) is 0 Å². The highest BCUT2D eigenvalue weighted by Gasteiger charge is 2.30. The van der Waals surface area contributed by atoms with E-state index in [2.05, 4.69) is 11.4 Å². The van der Waals surface area contributed by atoms with E-state index in [4.69, 9.17) is 0 Å². The summed E-state index contributed by atoms with van der Waals surface area (Å²) < 4.78 is 0. The highest BCUT2D eigenvalue weighted by molar-refractivity contribution is 8.00. The van der Waals surface area contributed by atoms with Gasteiger partial charge in [-0.25, -0.2) is 0 Å². The van der Waals surface area contributed by atoms with E-state index in [0.717, 1.165) is 28.9 Å². The van der Waals surface area contributed by atoms with Crippen molar-refractivity contribution in [1.82, 2.24) is 10.2 Å². The largest absolute Gasteiger partial charge is 0.352 e. The molecular weight excluding hydrogens is 392 g/mol. The minimum atomic E-state index is -0.449. The van der Waals surface area contributed by atoms with E-state index in [1.54, 1.807) is 4.90 Å². The standard InChI is InChI=1S/C25H32N2O2S/c1-3-23(25(29)26-21-12-7-8-13-21)27(17-20-11-9-10-19(2)16-20)24(28)18-30-22-14-5-4-6-15-22/h4-6,9-11,14-16,21,23H,3,7-8,12-13,17-18H2,1-2H3,(H,26,29)/t23-/m0/s1. The Morgan fingerprint density at radius 3 is 2.50 bits per heavy atom. The number of aryl methyl sites for hydroxylation is 1. The van der Waals surface area contributed by atoms with Crippen LogP contribution in [0.25, 0.3) is 0 Å². The van der Waals surface area contributed by atoms with E-state index < -0.39 is 6.04 Å². The smallest absolute Gasteiger partial charge is 0.243 e. The highest BCUT2D eigenvalue weighted by Crippen LogP contribution is 2.22. The van der Waals surface area contributed by atoms with Crippen molar-refractivity contribution in [3.63, 3.8) is 0 Å². The van der Waals surface area contributed by atoms with Gasteiger partial charge < -0.3 is 10.2 Å². The molecule has 0 saturated heterocycles. The van der Waals surface area contributed by atoms with Crippen LogP contribution in [0, 0.1) is 6.92 Å². The lowest BCUT2D eigenvalue weighted by Crippen LogP contribution is -2.51. The Kier molecular flexibility index (Phi) is 8.38. The Labute approximate surface area is 184 Å². The molecule has 1 aliphatic rings. The average molecular weight is 425 g/mol. The second-order valence-electron chi connectivity index (χ2n) is 8.03. The van der Waals surface area contributed by atoms with Crippen LogP contribution >= 0.6 is 11.8 Å². The number of carbonyl (C=O) groups excluding carboxylic acids is 2. The monoisotopic (exact) mass is 424 g/mol. The molecule has 1 aliphatic carbocycles. The molecule has 0 radical (unpaired) electrons. The first-order valence-electron chi connectivity index (χ1n) is 10.9. The van der Waals surface area contributed by atoms with E-state index in [1.165, 1.54) is 24.6 Å². The highest BCUT2D eigenvalue weighted by atomic mass is 32.2. The average Bonchev–Trinajstić information content (AvgIpc) is 3.25. The first kappa shape index (κ1) is 22.4. The van der Waals surface area contributed by atoms with E-state index in [0.29, 0.717) is 18.7 Å². The fourth-order valence-electron chi connectivity index (χ4n) is 4.04. The predicted molar refractivity (Wildman–Crippen MR) is 123 cm³/mol. The van der Waals surface area contributed by atoms with Crippen LogP contribution in [0.5, 0.6) is 0 Å². The topological polar surface area (TPSA) is 49.4 Å². The molecule has 2 aromatic carbocycles. The summed E-state index contributed by atoms with van der Waals surface area (Å²) in [5.74, 6) is 0.303. The van der Waals surface area contributed by atoms with Gasteiger partial charge in [-0.15, -0.1) is 11.8 Å². The van der Waals surface area contributed by atoms with Crippen molar-refractivity contribution in [1.29, 1.82) is 0 Å². The molecule has 3 rings (SSSR count). The maximum Gasteiger partial charge on any atom is 0.243 e. The minimum absolute atomic E-state index is 0.00113. The number of hydrogen-bond acceptors (Lipinski definition) is 3. The zero-order chi connectivity index (χ0) is 21.3. The molecule has 2 aromatic rings. The fraction of sp³-hybridized carbons (Fsp3) is 0.440. The SMILES string of the molecule is CC[C@@H](C(=O)NC1CCCC1)N(Cc1cccc(C)c1)C(=O)CSc1ccccc1. The molecule has 2 amide bonds. The van der Waals surface area contributed by atoms with Gasteiger partial charge in [0.05, 0.1) is 5.75 Å². The summed E-state index contributed by atoms with van der Waals surface area (Å²) in [6.45, 7) is 4.48. The molecule has 30 heavy (non-hydrogen) atoms. The molecule has 0 bridgehead atoms. The lowest BCUT2D eigenvalue weighted by atomic mass is 10.1. The number of amides is 2. The minimum Gasteiger partial charge on any atom is -0.352 e. The van der Waals surface area contributed by atoms with Crippen LogP contribution in [0.15, 0.2) is 59.5 Å². The first-order chi connectivity index (χ1) is 14.6. The van der Waals surface area contributed by atoms with E-state index in [9.17, 15) is 9.59 Å². The van der Waals surface area contributed by atoms with Gasteiger partial charge in [0.2, 0.25) is 11.8 Å². The molecule has 1 saturated carbocycles.